The van der Waals surface area contributed by atoms with E-state index >= 15 is 0 Å². The molecule has 1 N–H and O–H groups in total. The van der Waals surface area contributed by atoms with Crippen molar-refractivity contribution in [3.8, 4) is 0 Å². The maximum absolute atomic E-state index is 5.90. The normalized spacial score (nSPS) is 12.2. The van der Waals surface area contributed by atoms with Gasteiger partial charge in [-0.3, -0.25) is 4.84 Å². The minimum Gasteiger partial charge on any atom is -0.305 e. The zero-order valence-electron chi connectivity index (χ0n) is 10.2. The maximum Gasteiger partial charge on any atom is 0.137 e. The van der Waals surface area contributed by atoms with Crippen LogP contribution in [0.1, 0.15) is 26.5 Å². The lowest BCUT2D eigenvalue weighted by atomic mass is 10.2. The number of hydrogen-bond acceptors (Lipinski definition) is 3. The summed E-state index contributed by atoms with van der Waals surface area (Å²) in [6, 6.07) is 3.71. The third-order valence-electron chi connectivity index (χ3n) is 2.10. The molecular weight excluding hydrogens is 238 g/mol. The number of fused-ring (bicyclic) bond motifs is 1. The highest BCUT2D eigenvalue weighted by Crippen LogP contribution is 2.12. The Kier molecular flexibility index (Phi) is 3.38. The van der Waals surface area contributed by atoms with Gasteiger partial charge in [0, 0.05) is 12.4 Å². The summed E-state index contributed by atoms with van der Waals surface area (Å²) in [7, 11) is 0. The second kappa shape index (κ2) is 4.64. The Bertz CT molecular complexity index is 516. The second-order valence-corrected chi connectivity index (χ2v) is 5.32. The van der Waals surface area contributed by atoms with Crippen molar-refractivity contribution in [2.75, 3.05) is 0 Å². The molecule has 2 heterocycles. The average Bonchev–Trinajstić information content (AvgIpc) is 2.57. The SMILES string of the molecule is CC(C)(C)ONCc1cn2cc(Cl)ccc2n1. The number of nitrogens with zero attached hydrogens (tertiary/aromatic N) is 2. The lowest BCUT2D eigenvalue weighted by molar-refractivity contribution is -0.0761. The monoisotopic (exact) mass is 253 g/mol. The molecule has 92 valence electrons. The van der Waals surface area contributed by atoms with Gasteiger partial charge in [0.2, 0.25) is 0 Å². The smallest absolute Gasteiger partial charge is 0.137 e. The van der Waals surface area contributed by atoms with Gasteiger partial charge in [-0.2, -0.15) is 5.48 Å². The lowest BCUT2D eigenvalue weighted by Gasteiger charge is -2.18. The first-order valence-corrected chi connectivity index (χ1v) is 5.86. The van der Waals surface area contributed by atoms with Crippen LogP contribution in [0.3, 0.4) is 0 Å². The van der Waals surface area contributed by atoms with Gasteiger partial charge in [0.05, 0.1) is 22.9 Å². The van der Waals surface area contributed by atoms with Crippen LogP contribution in [-0.2, 0) is 11.4 Å². The maximum atomic E-state index is 5.90. The van der Waals surface area contributed by atoms with Crippen molar-refractivity contribution < 1.29 is 4.84 Å². The Morgan fingerprint density at radius 3 is 2.82 bits per heavy atom. The minimum atomic E-state index is -0.206. The number of hydrogen-bond donors (Lipinski definition) is 1. The van der Waals surface area contributed by atoms with Crippen molar-refractivity contribution in [2.45, 2.75) is 32.9 Å². The van der Waals surface area contributed by atoms with Gasteiger partial charge in [0.15, 0.2) is 0 Å². The fraction of sp³-hybridized carbons (Fsp3) is 0.417. The predicted octanol–water partition coefficient (Wildman–Crippen LogP) is 2.81. The molecule has 0 amide bonds. The molecule has 2 rings (SSSR count). The van der Waals surface area contributed by atoms with E-state index in [0.29, 0.717) is 11.6 Å². The molecule has 2 aromatic rings. The van der Waals surface area contributed by atoms with E-state index in [-0.39, 0.29) is 5.60 Å². The van der Waals surface area contributed by atoms with Crippen molar-refractivity contribution in [3.05, 3.63) is 35.2 Å². The lowest BCUT2D eigenvalue weighted by Crippen LogP contribution is -2.28. The Hall–Kier alpha value is -1.10. The van der Waals surface area contributed by atoms with Gasteiger partial charge in [0.1, 0.15) is 5.65 Å². The van der Waals surface area contributed by atoms with E-state index in [2.05, 4.69) is 10.5 Å². The minimum absolute atomic E-state index is 0.206. The summed E-state index contributed by atoms with van der Waals surface area (Å²) in [4.78, 5) is 9.86. The zero-order chi connectivity index (χ0) is 12.5. The van der Waals surface area contributed by atoms with Crippen LogP contribution in [0.5, 0.6) is 0 Å². The Morgan fingerprint density at radius 1 is 1.35 bits per heavy atom. The molecule has 0 saturated carbocycles. The van der Waals surface area contributed by atoms with Crippen LogP contribution in [0.4, 0.5) is 0 Å². The van der Waals surface area contributed by atoms with Crippen LogP contribution >= 0.6 is 11.6 Å². The summed E-state index contributed by atoms with van der Waals surface area (Å²) in [6.07, 6.45) is 3.76. The number of rotatable bonds is 3. The molecule has 0 fully saturated rings. The third kappa shape index (κ3) is 3.43. The van der Waals surface area contributed by atoms with Crippen LogP contribution in [0.2, 0.25) is 5.02 Å². The molecule has 0 aromatic carbocycles. The molecule has 0 atom stereocenters. The third-order valence-corrected chi connectivity index (χ3v) is 2.32. The van der Waals surface area contributed by atoms with Crippen molar-refractivity contribution in [3.63, 3.8) is 0 Å². The van der Waals surface area contributed by atoms with E-state index in [1.165, 1.54) is 0 Å². The van der Waals surface area contributed by atoms with E-state index in [0.717, 1.165) is 11.3 Å². The van der Waals surface area contributed by atoms with Crippen molar-refractivity contribution in [1.82, 2.24) is 14.9 Å². The summed E-state index contributed by atoms with van der Waals surface area (Å²) in [5, 5.41) is 0.695. The van der Waals surface area contributed by atoms with Gasteiger partial charge in [-0.1, -0.05) is 11.6 Å². The topological polar surface area (TPSA) is 38.6 Å². The average molecular weight is 254 g/mol. The van der Waals surface area contributed by atoms with E-state index in [1.54, 1.807) is 0 Å². The van der Waals surface area contributed by atoms with E-state index < -0.39 is 0 Å². The van der Waals surface area contributed by atoms with Gasteiger partial charge < -0.3 is 4.40 Å². The molecule has 0 aliphatic rings. The van der Waals surface area contributed by atoms with Crippen LogP contribution in [0.15, 0.2) is 24.5 Å². The molecule has 0 spiro atoms. The van der Waals surface area contributed by atoms with Gasteiger partial charge in [-0.15, -0.1) is 0 Å². The Morgan fingerprint density at radius 2 is 2.12 bits per heavy atom. The molecular formula is C12H16ClN3O. The standard InChI is InChI=1S/C12H16ClN3O/c1-12(2,3)17-14-6-10-8-16-7-9(13)4-5-11(16)15-10/h4-5,7-8,14H,6H2,1-3H3. The highest BCUT2D eigenvalue weighted by molar-refractivity contribution is 6.30. The summed E-state index contributed by atoms with van der Waals surface area (Å²) >= 11 is 5.90. The van der Waals surface area contributed by atoms with Crippen molar-refractivity contribution >= 4 is 17.2 Å². The quantitative estimate of drug-likeness (QED) is 0.855. The van der Waals surface area contributed by atoms with E-state index in [9.17, 15) is 0 Å². The molecule has 5 heteroatoms. The molecule has 17 heavy (non-hydrogen) atoms. The molecule has 0 unspecified atom stereocenters. The van der Waals surface area contributed by atoms with Crippen LogP contribution in [-0.4, -0.2) is 15.0 Å². The summed E-state index contributed by atoms with van der Waals surface area (Å²) in [6.45, 7) is 6.53. The zero-order valence-corrected chi connectivity index (χ0v) is 11.0. The first-order valence-electron chi connectivity index (χ1n) is 5.48. The van der Waals surface area contributed by atoms with E-state index in [4.69, 9.17) is 16.4 Å². The molecule has 0 saturated heterocycles. The molecule has 0 aliphatic carbocycles. The Labute approximate surface area is 106 Å². The molecule has 0 bridgehead atoms. The van der Waals surface area contributed by atoms with Gasteiger partial charge in [-0.25, -0.2) is 4.98 Å². The first kappa shape index (κ1) is 12.4. The molecule has 0 aliphatic heterocycles. The second-order valence-electron chi connectivity index (χ2n) is 4.88. The van der Waals surface area contributed by atoms with E-state index in [1.807, 2.05) is 49.7 Å². The molecule has 0 radical (unpaired) electrons. The fourth-order valence-electron chi connectivity index (χ4n) is 1.43. The summed E-state index contributed by atoms with van der Waals surface area (Å²) in [5.41, 5.74) is 4.49. The number of hydroxylamine groups is 1. The number of pyridine rings is 1. The summed E-state index contributed by atoms with van der Waals surface area (Å²) < 4.78 is 1.90. The number of halogens is 1. The Balaban J connectivity index is 2.05. The van der Waals surface area contributed by atoms with Crippen molar-refractivity contribution in [2.24, 2.45) is 0 Å². The van der Waals surface area contributed by atoms with Crippen molar-refractivity contribution in [1.29, 1.82) is 0 Å². The largest absolute Gasteiger partial charge is 0.305 e. The molecule has 2 aromatic heterocycles. The number of nitrogens with one attached hydrogen (secondary N) is 1. The highest BCUT2D eigenvalue weighted by atomic mass is 35.5. The predicted molar refractivity (Wildman–Crippen MR) is 67.9 cm³/mol. The van der Waals surface area contributed by atoms with Gasteiger partial charge in [0.25, 0.3) is 0 Å². The van der Waals surface area contributed by atoms with Gasteiger partial charge in [-0.05, 0) is 32.9 Å². The number of imidazole rings is 1. The molecule has 4 nitrogen and oxygen atoms in total. The first-order chi connectivity index (χ1) is 7.94. The van der Waals surface area contributed by atoms with Gasteiger partial charge >= 0.3 is 0 Å². The highest BCUT2D eigenvalue weighted by Gasteiger charge is 2.10. The van der Waals surface area contributed by atoms with Crippen LogP contribution in [0.25, 0.3) is 5.65 Å². The fourth-order valence-corrected chi connectivity index (χ4v) is 1.60. The van der Waals surface area contributed by atoms with Crippen LogP contribution in [0, 0.1) is 0 Å². The van der Waals surface area contributed by atoms with Crippen LogP contribution < -0.4 is 5.48 Å². The number of aromatic nitrogens is 2. The summed E-state index contributed by atoms with van der Waals surface area (Å²) in [5.74, 6) is 0.